The van der Waals surface area contributed by atoms with E-state index in [1.54, 1.807) is 0 Å². The molecule has 100 valence electrons. The lowest BCUT2D eigenvalue weighted by molar-refractivity contribution is -0.151. The van der Waals surface area contributed by atoms with Crippen LogP contribution in [0.1, 0.15) is 20.3 Å². The molecule has 3 atom stereocenters. The van der Waals surface area contributed by atoms with E-state index in [2.05, 4.69) is 9.58 Å². The lowest BCUT2D eigenvalue weighted by atomic mass is 10.0. The number of likely N-dealkylation sites (tertiary alicyclic amines) is 1. The van der Waals surface area contributed by atoms with Crippen LogP contribution in [-0.4, -0.2) is 48.6 Å². The maximum atomic E-state index is 12.2. The minimum atomic E-state index is -0.675. The normalized spacial score (nSPS) is 24.8. The van der Waals surface area contributed by atoms with Crippen LogP contribution < -0.4 is 5.73 Å². The fraction of sp³-hybridized carbons (Fsp3) is 0.750. The Hall–Kier alpha value is -1.61. The first kappa shape index (κ1) is 14.5. The maximum absolute atomic E-state index is 12.2. The van der Waals surface area contributed by atoms with Gasteiger partial charge in [-0.25, -0.2) is 11.4 Å². The predicted molar refractivity (Wildman–Crippen MR) is 65.3 cm³/mol. The summed E-state index contributed by atoms with van der Waals surface area (Å²) in [6, 6.07) is -1.68. The van der Waals surface area contributed by atoms with E-state index in [1.165, 1.54) is 12.0 Å². The highest BCUT2D eigenvalue weighted by atomic mass is 16.5. The fourth-order valence-corrected chi connectivity index (χ4v) is 1.99. The van der Waals surface area contributed by atoms with Gasteiger partial charge in [0, 0.05) is 0 Å². The second kappa shape index (κ2) is 5.83. The Morgan fingerprint density at radius 1 is 1.50 bits per heavy atom. The van der Waals surface area contributed by atoms with E-state index in [0.717, 1.165) is 0 Å². The molecule has 6 nitrogen and oxygen atoms in total. The number of methoxy groups -OCH3 is 1. The lowest BCUT2D eigenvalue weighted by Crippen LogP contribution is -2.50. The molecule has 6 heteroatoms. The third kappa shape index (κ3) is 2.79. The second-order valence-corrected chi connectivity index (χ2v) is 4.82. The first-order chi connectivity index (χ1) is 8.42. The number of ether oxygens (including phenoxy) is 1. The highest BCUT2D eigenvalue weighted by molar-refractivity contribution is 5.88. The molecule has 1 saturated heterocycles. The Morgan fingerprint density at radius 3 is 2.56 bits per heavy atom. The van der Waals surface area contributed by atoms with Crippen molar-refractivity contribution < 1.29 is 14.3 Å². The fourth-order valence-electron chi connectivity index (χ4n) is 1.99. The summed E-state index contributed by atoms with van der Waals surface area (Å²) < 4.78 is 4.67. The van der Waals surface area contributed by atoms with Crippen LogP contribution in [0.5, 0.6) is 0 Å². The van der Waals surface area contributed by atoms with Gasteiger partial charge in [0.25, 0.3) is 0 Å². The van der Waals surface area contributed by atoms with Crippen molar-refractivity contribution in [3.05, 3.63) is 11.4 Å². The number of esters is 1. The molecule has 0 bridgehead atoms. The number of hydrogen-bond acceptors (Lipinski definition) is 4. The van der Waals surface area contributed by atoms with E-state index in [9.17, 15) is 9.59 Å². The Morgan fingerprint density at radius 2 is 2.11 bits per heavy atom. The van der Waals surface area contributed by atoms with E-state index in [4.69, 9.17) is 12.3 Å². The molecule has 0 aromatic heterocycles. The van der Waals surface area contributed by atoms with Crippen molar-refractivity contribution in [2.75, 3.05) is 13.7 Å². The Kier molecular flexibility index (Phi) is 4.68. The summed E-state index contributed by atoms with van der Waals surface area (Å²) >= 11 is 0. The van der Waals surface area contributed by atoms with E-state index in [-0.39, 0.29) is 24.4 Å². The number of rotatable bonds is 3. The number of carbonyl (C=O) groups excluding carboxylic acids is 2. The maximum Gasteiger partial charge on any atom is 0.328 e. The first-order valence-corrected chi connectivity index (χ1v) is 5.92. The smallest absolute Gasteiger partial charge is 0.328 e. The van der Waals surface area contributed by atoms with Gasteiger partial charge >= 0.3 is 5.97 Å². The molecule has 0 unspecified atom stereocenters. The topological polar surface area (TPSA) is 77.0 Å². The number of nitrogens with zero attached hydrogens (tertiary/aromatic N) is 2. The van der Waals surface area contributed by atoms with Gasteiger partial charge in [-0.15, -0.1) is 0 Å². The van der Waals surface area contributed by atoms with Crippen LogP contribution >= 0.6 is 0 Å². The lowest BCUT2D eigenvalue weighted by Gasteiger charge is -2.26. The Balaban J connectivity index is 2.87. The molecule has 2 N–H and O–H groups in total. The molecule has 1 rings (SSSR count). The Labute approximate surface area is 107 Å². The van der Waals surface area contributed by atoms with Crippen molar-refractivity contribution in [3.63, 3.8) is 0 Å². The van der Waals surface area contributed by atoms with Crippen molar-refractivity contribution >= 4 is 11.9 Å². The summed E-state index contributed by atoms with van der Waals surface area (Å²) in [5, 5.41) is 0. The van der Waals surface area contributed by atoms with Gasteiger partial charge in [0.05, 0.1) is 26.1 Å². The molecule has 0 aromatic rings. The molecule has 1 aliphatic heterocycles. The standard InChI is InChI=1S/C12H19N3O3/c1-7(2)10(13)11(16)15-6-8(14-3)5-9(15)12(17)18-4/h7-10H,5-6,13H2,1-2,4H3/t8-,9+,10+/m1/s1. The average molecular weight is 253 g/mol. The molecule has 1 aliphatic rings. The van der Waals surface area contributed by atoms with Crippen LogP contribution in [0.15, 0.2) is 0 Å². The molecule has 0 spiro atoms. The van der Waals surface area contributed by atoms with Crippen LogP contribution in [0.4, 0.5) is 0 Å². The van der Waals surface area contributed by atoms with E-state index in [1.807, 2.05) is 13.8 Å². The van der Waals surface area contributed by atoms with Crippen LogP contribution in [-0.2, 0) is 14.3 Å². The van der Waals surface area contributed by atoms with Gasteiger partial charge in [-0.05, 0) is 5.92 Å². The molecule has 0 aliphatic carbocycles. The minimum absolute atomic E-state index is 0.0113. The summed E-state index contributed by atoms with van der Waals surface area (Å²) in [6.07, 6.45) is 0.326. The van der Waals surface area contributed by atoms with Gasteiger partial charge in [-0.2, -0.15) is 0 Å². The molecule has 1 amide bonds. The zero-order valence-corrected chi connectivity index (χ0v) is 10.9. The largest absolute Gasteiger partial charge is 0.467 e. The molecule has 18 heavy (non-hydrogen) atoms. The number of amides is 1. The number of nitrogens with two attached hydrogens (primary N) is 1. The molecular formula is C12H19N3O3. The monoisotopic (exact) mass is 253 g/mol. The van der Waals surface area contributed by atoms with Crippen molar-refractivity contribution in [1.29, 1.82) is 0 Å². The first-order valence-electron chi connectivity index (χ1n) is 5.92. The van der Waals surface area contributed by atoms with Gasteiger partial charge in [0.2, 0.25) is 11.9 Å². The third-order valence-corrected chi connectivity index (χ3v) is 3.22. The predicted octanol–water partition coefficient (Wildman–Crippen LogP) is 0.0315. The van der Waals surface area contributed by atoms with Gasteiger partial charge in [-0.3, -0.25) is 4.79 Å². The minimum Gasteiger partial charge on any atom is -0.467 e. The average Bonchev–Trinajstić information content (AvgIpc) is 2.79. The van der Waals surface area contributed by atoms with Gasteiger partial charge in [0.1, 0.15) is 6.04 Å². The van der Waals surface area contributed by atoms with Gasteiger partial charge < -0.3 is 20.2 Å². The Bertz CT molecular complexity index is 375. The zero-order chi connectivity index (χ0) is 13.9. The van der Waals surface area contributed by atoms with Crippen LogP contribution in [0.2, 0.25) is 0 Å². The van der Waals surface area contributed by atoms with E-state index < -0.39 is 18.1 Å². The van der Waals surface area contributed by atoms with Gasteiger partial charge in [0.15, 0.2) is 0 Å². The molecule has 1 heterocycles. The molecule has 1 fully saturated rings. The second-order valence-electron chi connectivity index (χ2n) is 4.82. The van der Waals surface area contributed by atoms with E-state index in [0.29, 0.717) is 6.42 Å². The molecule has 0 radical (unpaired) electrons. The third-order valence-electron chi connectivity index (χ3n) is 3.22. The SMILES string of the molecule is [C-]#[N+][C@@H]1C[C@@H](C(=O)OC)N(C(=O)[C@@H](N)C(C)C)C1. The summed E-state index contributed by atoms with van der Waals surface area (Å²) in [4.78, 5) is 28.6. The quantitative estimate of drug-likeness (QED) is 0.568. The highest BCUT2D eigenvalue weighted by Crippen LogP contribution is 2.23. The summed E-state index contributed by atoms with van der Waals surface area (Å²) in [5.74, 6) is -0.778. The van der Waals surface area contributed by atoms with E-state index >= 15 is 0 Å². The van der Waals surface area contributed by atoms with Crippen molar-refractivity contribution in [2.45, 2.75) is 38.4 Å². The van der Waals surface area contributed by atoms with Gasteiger partial charge in [-0.1, -0.05) is 13.8 Å². The van der Waals surface area contributed by atoms with Crippen LogP contribution in [0.3, 0.4) is 0 Å². The number of hydrogen-bond donors (Lipinski definition) is 1. The molecule has 0 saturated carbocycles. The van der Waals surface area contributed by atoms with Crippen molar-refractivity contribution in [1.82, 2.24) is 4.90 Å². The highest BCUT2D eigenvalue weighted by Gasteiger charge is 2.44. The summed E-state index contributed by atoms with van der Waals surface area (Å²) in [7, 11) is 1.28. The van der Waals surface area contributed by atoms with Crippen LogP contribution in [0, 0.1) is 12.5 Å². The van der Waals surface area contributed by atoms with Crippen molar-refractivity contribution in [2.24, 2.45) is 11.7 Å². The molecule has 0 aromatic carbocycles. The number of carbonyl (C=O) groups is 2. The summed E-state index contributed by atoms with van der Waals surface area (Å²) in [5.41, 5.74) is 5.81. The van der Waals surface area contributed by atoms with Crippen molar-refractivity contribution in [3.8, 4) is 0 Å². The summed E-state index contributed by atoms with van der Waals surface area (Å²) in [6.45, 7) is 11.0. The molecular weight excluding hydrogens is 234 g/mol. The van der Waals surface area contributed by atoms with Crippen LogP contribution in [0.25, 0.3) is 4.85 Å². The zero-order valence-electron chi connectivity index (χ0n) is 10.9.